The highest BCUT2D eigenvalue weighted by Crippen LogP contribution is 2.25. The minimum atomic E-state index is 0.0976. The van der Waals surface area contributed by atoms with Crippen molar-refractivity contribution in [1.82, 2.24) is 15.1 Å². The maximum absolute atomic E-state index is 12.7. The number of hydrogen-bond donors (Lipinski definition) is 0. The van der Waals surface area contributed by atoms with Crippen LogP contribution in [0.15, 0.2) is 36.4 Å². The number of piperidine rings is 1. The van der Waals surface area contributed by atoms with Gasteiger partial charge in [0.25, 0.3) is 0 Å². The topological polar surface area (TPSA) is 49.3 Å². The van der Waals surface area contributed by atoms with Crippen LogP contribution in [0.3, 0.4) is 0 Å². The normalized spacial score (nSPS) is 20.4. The van der Waals surface area contributed by atoms with Crippen molar-refractivity contribution in [3.63, 3.8) is 0 Å². The average molecular weight is 350 g/mol. The minimum Gasteiger partial charge on any atom is -0.354 e. The summed E-state index contributed by atoms with van der Waals surface area (Å²) < 4.78 is 0. The lowest BCUT2D eigenvalue weighted by Crippen LogP contribution is -2.44. The van der Waals surface area contributed by atoms with Gasteiger partial charge in [0, 0.05) is 31.7 Å². The van der Waals surface area contributed by atoms with Crippen LogP contribution < -0.4 is 4.90 Å². The lowest BCUT2D eigenvalue weighted by Gasteiger charge is -2.34. The van der Waals surface area contributed by atoms with Gasteiger partial charge in [-0.1, -0.05) is 29.8 Å². The second kappa shape index (κ2) is 7.44. The molecule has 26 heavy (non-hydrogen) atoms. The highest BCUT2D eigenvalue weighted by atomic mass is 16.2. The summed E-state index contributed by atoms with van der Waals surface area (Å²) in [5.41, 5.74) is 3.20. The van der Waals surface area contributed by atoms with Crippen LogP contribution in [0.5, 0.6) is 0 Å². The van der Waals surface area contributed by atoms with Crippen molar-refractivity contribution in [2.24, 2.45) is 5.92 Å². The van der Waals surface area contributed by atoms with E-state index in [2.05, 4.69) is 46.3 Å². The van der Waals surface area contributed by atoms with E-state index in [4.69, 9.17) is 0 Å². The first-order valence-electron chi connectivity index (χ1n) is 9.65. The van der Waals surface area contributed by atoms with Gasteiger partial charge in [0.15, 0.2) is 5.82 Å². The minimum absolute atomic E-state index is 0.0976. The van der Waals surface area contributed by atoms with E-state index < -0.39 is 0 Å². The fraction of sp³-hybridized carbons (Fsp3) is 0.476. The molecule has 1 atom stereocenters. The Labute approximate surface area is 155 Å². The summed E-state index contributed by atoms with van der Waals surface area (Å²) in [6.45, 7) is 5.64. The van der Waals surface area contributed by atoms with Gasteiger partial charge < -0.3 is 9.80 Å². The highest BCUT2D eigenvalue weighted by molar-refractivity contribution is 5.80. The molecule has 5 nitrogen and oxygen atoms in total. The second-order valence-corrected chi connectivity index (χ2v) is 7.46. The van der Waals surface area contributed by atoms with E-state index in [1.165, 1.54) is 5.56 Å². The lowest BCUT2D eigenvalue weighted by atomic mass is 9.96. The van der Waals surface area contributed by atoms with Crippen molar-refractivity contribution in [3.05, 3.63) is 42.0 Å². The fourth-order valence-corrected chi connectivity index (χ4v) is 3.95. The van der Waals surface area contributed by atoms with Crippen LogP contribution in [0.4, 0.5) is 5.82 Å². The molecule has 1 amide bonds. The van der Waals surface area contributed by atoms with Crippen LogP contribution in [-0.2, 0) is 4.79 Å². The zero-order chi connectivity index (χ0) is 17.9. The molecule has 2 aliphatic rings. The molecule has 0 N–H and O–H groups in total. The first-order valence-corrected chi connectivity index (χ1v) is 9.65. The number of rotatable bonds is 3. The summed E-state index contributed by atoms with van der Waals surface area (Å²) in [7, 11) is 0. The van der Waals surface area contributed by atoms with Crippen LogP contribution in [0, 0.1) is 12.8 Å². The molecule has 0 aliphatic carbocycles. The van der Waals surface area contributed by atoms with E-state index in [1.807, 2.05) is 17.0 Å². The maximum Gasteiger partial charge on any atom is 0.227 e. The lowest BCUT2D eigenvalue weighted by molar-refractivity contribution is -0.134. The van der Waals surface area contributed by atoms with Gasteiger partial charge in [0.1, 0.15) is 0 Å². The van der Waals surface area contributed by atoms with E-state index in [1.54, 1.807) is 0 Å². The molecule has 136 valence electrons. The largest absolute Gasteiger partial charge is 0.354 e. The van der Waals surface area contributed by atoms with E-state index in [-0.39, 0.29) is 5.92 Å². The smallest absolute Gasteiger partial charge is 0.227 e. The summed E-state index contributed by atoms with van der Waals surface area (Å²) in [4.78, 5) is 17.0. The number of nitrogens with zero attached hydrogens (tertiary/aromatic N) is 4. The summed E-state index contributed by atoms with van der Waals surface area (Å²) in [5.74, 6) is 1.30. The predicted molar refractivity (Wildman–Crippen MR) is 103 cm³/mol. The first-order chi connectivity index (χ1) is 12.7. The molecule has 1 aromatic carbocycles. The molecule has 1 aromatic heterocycles. The van der Waals surface area contributed by atoms with Gasteiger partial charge in [-0.2, -0.15) is 0 Å². The molecule has 2 saturated heterocycles. The molecule has 4 rings (SSSR count). The Bertz CT molecular complexity index is 751. The number of carbonyl (C=O) groups excluding carboxylic acids is 1. The number of amides is 1. The Morgan fingerprint density at radius 2 is 1.73 bits per heavy atom. The molecule has 0 spiro atoms. The van der Waals surface area contributed by atoms with Gasteiger partial charge in [-0.3, -0.25) is 4.79 Å². The third kappa shape index (κ3) is 3.57. The molecule has 1 unspecified atom stereocenters. The van der Waals surface area contributed by atoms with E-state index >= 15 is 0 Å². The van der Waals surface area contributed by atoms with Crippen molar-refractivity contribution in [3.8, 4) is 11.3 Å². The molecule has 5 heteroatoms. The average Bonchev–Trinajstić information content (AvgIpc) is 3.23. The molecule has 0 bridgehead atoms. The molecule has 2 fully saturated rings. The van der Waals surface area contributed by atoms with E-state index in [9.17, 15) is 4.79 Å². The Morgan fingerprint density at radius 3 is 2.42 bits per heavy atom. The van der Waals surface area contributed by atoms with E-state index in [0.717, 1.165) is 68.9 Å². The number of anilines is 1. The molecule has 3 heterocycles. The van der Waals surface area contributed by atoms with Crippen molar-refractivity contribution in [2.75, 3.05) is 31.1 Å². The van der Waals surface area contributed by atoms with E-state index in [0.29, 0.717) is 5.91 Å². The van der Waals surface area contributed by atoms with Gasteiger partial charge in [0.2, 0.25) is 5.91 Å². The second-order valence-electron chi connectivity index (χ2n) is 7.46. The van der Waals surface area contributed by atoms with Gasteiger partial charge in [-0.25, -0.2) is 0 Å². The molecule has 2 aromatic rings. The zero-order valence-electron chi connectivity index (χ0n) is 15.4. The third-order valence-corrected chi connectivity index (χ3v) is 5.51. The zero-order valence-corrected chi connectivity index (χ0v) is 15.4. The number of hydrogen-bond acceptors (Lipinski definition) is 4. The van der Waals surface area contributed by atoms with Crippen molar-refractivity contribution in [1.29, 1.82) is 0 Å². The van der Waals surface area contributed by atoms with Crippen molar-refractivity contribution >= 4 is 11.7 Å². The molecular weight excluding hydrogens is 324 g/mol. The Balaban J connectivity index is 1.45. The number of carbonyl (C=O) groups is 1. The molecule has 0 saturated carbocycles. The molecule has 0 radical (unpaired) electrons. The van der Waals surface area contributed by atoms with Crippen LogP contribution in [0.25, 0.3) is 11.3 Å². The number of likely N-dealkylation sites (tertiary alicyclic amines) is 1. The predicted octanol–water partition coefficient (Wildman–Crippen LogP) is 3.29. The van der Waals surface area contributed by atoms with Crippen LogP contribution in [-0.4, -0.2) is 47.2 Å². The van der Waals surface area contributed by atoms with Crippen molar-refractivity contribution in [2.45, 2.75) is 32.6 Å². The summed E-state index contributed by atoms with van der Waals surface area (Å²) in [6.07, 6.45) is 4.31. The molecule has 2 aliphatic heterocycles. The molecular formula is C21H26N4O. The summed E-state index contributed by atoms with van der Waals surface area (Å²) in [6, 6.07) is 12.4. The van der Waals surface area contributed by atoms with Gasteiger partial charge in [-0.15, -0.1) is 10.2 Å². The number of aryl methyl sites for hydroxylation is 1. The number of benzene rings is 1. The summed E-state index contributed by atoms with van der Waals surface area (Å²) >= 11 is 0. The summed E-state index contributed by atoms with van der Waals surface area (Å²) in [5, 5.41) is 8.86. The Morgan fingerprint density at radius 1 is 0.962 bits per heavy atom. The SMILES string of the molecule is Cc1ccc(-c2ccc(N3CCCC(C(=O)N4CCCC4)C3)nn2)cc1. The van der Waals surface area contributed by atoms with Crippen LogP contribution >= 0.6 is 0 Å². The standard InChI is InChI=1S/C21H26N4O/c1-16-6-8-17(9-7-16)19-10-11-20(23-22-19)25-14-4-5-18(15-25)21(26)24-12-2-3-13-24/h6-11,18H,2-5,12-15H2,1H3. The monoisotopic (exact) mass is 350 g/mol. The quantitative estimate of drug-likeness (QED) is 0.852. The van der Waals surface area contributed by atoms with Gasteiger partial charge in [-0.05, 0) is 44.7 Å². The van der Waals surface area contributed by atoms with Gasteiger partial charge in [0.05, 0.1) is 11.6 Å². The Hall–Kier alpha value is -2.43. The fourth-order valence-electron chi connectivity index (χ4n) is 3.95. The highest BCUT2D eigenvalue weighted by Gasteiger charge is 2.31. The maximum atomic E-state index is 12.7. The van der Waals surface area contributed by atoms with Gasteiger partial charge >= 0.3 is 0 Å². The Kier molecular flexibility index (Phi) is 4.87. The third-order valence-electron chi connectivity index (χ3n) is 5.51. The first kappa shape index (κ1) is 17.0. The number of aromatic nitrogens is 2. The van der Waals surface area contributed by atoms with Crippen LogP contribution in [0.2, 0.25) is 0 Å². The van der Waals surface area contributed by atoms with Crippen molar-refractivity contribution < 1.29 is 4.79 Å². The van der Waals surface area contributed by atoms with Crippen LogP contribution in [0.1, 0.15) is 31.2 Å².